The van der Waals surface area contributed by atoms with Crippen LogP contribution in [0.1, 0.15) is 16.8 Å². The zero-order chi connectivity index (χ0) is 13.6. The van der Waals surface area contributed by atoms with Crippen LogP contribution < -0.4 is 0 Å². The standard InChI is InChI=1S/C12H17N3O3S/c1-19(17,18)15-5-3-10-7-14(8-11(10)15)12(16)9-2-4-13-6-9/h2,4,6,10-11,13H,3,5,7-8H2,1H3/t10-,11+/m1/s1. The summed E-state index contributed by atoms with van der Waals surface area (Å²) >= 11 is 0. The molecule has 0 aromatic carbocycles. The van der Waals surface area contributed by atoms with E-state index in [0.29, 0.717) is 25.2 Å². The molecule has 0 spiro atoms. The van der Waals surface area contributed by atoms with Gasteiger partial charge in [-0.2, -0.15) is 4.31 Å². The Morgan fingerprint density at radius 1 is 1.42 bits per heavy atom. The quantitative estimate of drug-likeness (QED) is 0.838. The van der Waals surface area contributed by atoms with Crippen molar-refractivity contribution in [2.24, 2.45) is 5.92 Å². The molecule has 1 N–H and O–H groups in total. The predicted molar refractivity (Wildman–Crippen MR) is 70.1 cm³/mol. The van der Waals surface area contributed by atoms with Crippen molar-refractivity contribution in [2.75, 3.05) is 25.9 Å². The Morgan fingerprint density at radius 3 is 2.84 bits per heavy atom. The van der Waals surface area contributed by atoms with E-state index in [4.69, 9.17) is 0 Å². The molecular weight excluding hydrogens is 266 g/mol. The van der Waals surface area contributed by atoms with E-state index >= 15 is 0 Å². The second-order valence-corrected chi connectivity index (χ2v) is 7.23. The second-order valence-electron chi connectivity index (χ2n) is 5.30. The molecule has 2 saturated heterocycles. The number of carbonyl (C=O) groups excluding carboxylic acids is 1. The fourth-order valence-corrected chi connectivity index (χ4v) is 4.31. The van der Waals surface area contributed by atoms with Crippen LogP contribution in [0.2, 0.25) is 0 Å². The predicted octanol–water partition coefficient (Wildman–Crippen LogP) is 0.121. The van der Waals surface area contributed by atoms with Crippen molar-refractivity contribution in [2.45, 2.75) is 12.5 Å². The van der Waals surface area contributed by atoms with Crippen LogP contribution in [0.3, 0.4) is 0 Å². The number of amides is 1. The number of rotatable bonds is 2. The van der Waals surface area contributed by atoms with E-state index < -0.39 is 10.0 Å². The first-order valence-electron chi connectivity index (χ1n) is 6.35. The number of nitrogens with one attached hydrogen (secondary N) is 1. The number of aromatic amines is 1. The Labute approximate surface area is 112 Å². The van der Waals surface area contributed by atoms with E-state index in [2.05, 4.69) is 4.98 Å². The van der Waals surface area contributed by atoms with E-state index in [1.165, 1.54) is 6.26 Å². The third-order valence-electron chi connectivity index (χ3n) is 4.05. The number of fused-ring (bicyclic) bond motifs is 1. The number of hydrogen-bond donors (Lipinski definition) is 1. The van der Waals surface area contributed by atoms with Gasteiger partial charge in [0.05, 0.1) is 11.8 Å². The van der Waals surface area contributed by atoms with E-state index in [-0.39, 0.29) is 17.9 Å². The third kappa shape index (κ3) is 2.17. The summed E-state index contributed by atoms with van der Waals surface area (Å²) in [6, 6.07) is 1.70. The number of sulfonamides is 1. The molecule has 104 valence electrons. The fourth-order valence-electron chi connectivity index (χ4n) is 3.14. The maximum Gasteiger partial charge on any atom is 0.255 e. The lowest BCUT2D eigenvalue weighted by Gasteiger charge is -2.22. The van der Waals surface area contributed by atoms with Gasteiger partial charge in [-0.25, -0.2) is 8.42 Å². The summed E-state index contributed by atoms with van der Waals surface area (Å²) in [5.41, 5.74) is 0.630. The second kappa shape index (κ2) is 4.35. The summed E-state index contributed by atoms with van der Waals surface area (Å²) in [6.07, 6.45) is 5.47. The molecular formula is C12H17N3O3S. The lowest BCUT2D eigenvalue weighted by molar-refractivity contribution is 0.0778. The van der Waals surface area contributed by atoms with Crippen LogP contribution in [0, 0.1) is 5.92 Å². The van der Waals surface area contributed by atoms with Crippen molar-refractivity contribution < 1.29 is 13.2 Å². The summed E-state index contributed by atoms with van der Waals surface area (Å²) in [5, 5.41) is 0. The van der Waals surface area contributed by atoms with Crippen LogP contribution >= 0.6 is 0 Å². The van der Waals surface area contributed by atoms with Gasteiger partial charge in [-0.15, -0.1) is 0 Å². The Kier molecular flexibility index (Phi) is 2.90. The molecule has 1 aromatic rings. The van der Waals surface area contributed by atoms with Crippen molar-refractivity contribution >= 4 is 15.9 Å². The number of H-pyrrole nitrogens is 1. The Balaban J connectivity index is 1.76. The minimum Gasteiger partial charge on any atom is -0.367 e. The van der Waals surface area contributed by atoms with E-state index in [0.717, 1.165) is 6.42 Å². The van der Waals surface area contributed by atoms with Gasteiger partial charge < -0.3 is 9.88 Å². The highest BCUT2D eigenvalue weighted by Gasteiger charge is 2.46. The van der Waals surface area contributed by atoms with Gasteiger partial charge in [-0.3, -0.25) is 4.79 Å². The van der Waals surface area contributed by atoms with Gasteiger partial charge in [0.15, 0.2) is 0 Å². The monoisotopic (exact) mass is 283 g/mol. The maximum absolute atomic E-state index is 12.2. The Hall–Kier alpha value is -1.34. The van der Waals surface area contributed by atoms with Crippen molar-refractivity contribution in [3.63, 3.8) is 0 Å². The first-order valence-corrected chi connectivity index (χ1v) is 8.20. The zero-order valence-electron chi connectivity index (χ0n) is 10.7. The molecule has 0 aliphatic carbocycles. The number of nitrogens with zero attached hydrogens (tertiary/aromatic N) is 2. The van der Waals surface area contributed by atoms with Gasteiger partial charge in [0.25, 0.3) is 5.91 Å². The molecule has 0 radical (unpaired) electrons. The Bertz CT molecular complexity index is 581. The average Bonchev–Trinajstić information content (AvgIpc) is 3.02. The van der Waals surface area contributed by atoms with E-state index in [1.807, 2.05) is 0 Å². The molecule has 0 unspecified atom stereocenters. The van der Waals surface area contributed by atoms with Crippen molar-refractivity contribution in [1.82, 2.24) is 14.2 Å². The number of aromatic nitrogens is 1. The van der Waals surface area contributed by atoms with Crippen molar-refractivity contribution in [3.8, 4) is 0 Å². The van der Waals surface area contributed by atoms with Crippen LogP contribution in [0.15, 0.2) is 18.5 Å². The molecule has 3 rings (SSSR count). The molecule has 1 amide bonds. The van der Waals surface area contributed by atoms with E-state index in [9.17, 15) is 13.2 Å². The summed E-state index contributed by atoms with van der Waals surface area (Å²) in [4.78, 5) is 16.9. The Morgan fingerprint density at radius 2 is 2.21 bits per heavy atom. The summed E-state index contributed by atoms with van der Waals surface area (Å²) in [6.45, 7) is 1.74. The van der Waals surface area contributed by atoms with Crippen molar-refractivity contribution in [1.29, 1.82) is 0 Å². The number of hydrogen-bond acceptors (Lipinski definition) is 3. The highest BCUT2D eigenvalue weighted by atomic mass is 32.2. The lowest BCUT2D eigenvalue weighted by Crippen LogP contribution is -2.40. The highest BCUT2D eigenvalue weighted by Crippen LogP contribution is 2.33. The van der Waals surface area contributed by atoms with Crippen LogP contribution in [0.25, 0.3) is 0 Å². The first-order chi connectivity index (χ1) is 8.97. The van der Waals surface area contributed by atoms with Gasteiger partial charge in [0.1, 0.15) is 0 Å². The topological polar surface area (TPSA) is 73.5 Å². The minimum absolute atomic E-state index is 0.0240. The largest absolute Gasteiger partial charge is 0.367 e. The van der Waals surface area contributed by atoms with Gasteiger partial charge in [0, 0.05) is 38.1 Å². The van der Waals surface area contributed by atoms with Gasteiger partial charge in [-0.1, -0.05) is 0 Å². The van der Waals surface area contributed by atoms with Crippen molar-refractivity contribution in [3.05, 3.63) is 24.0 Å². The van der Waals surface area contributed by atoms with Crippen LogP contribution in [-0.4, -0.2) is 60.4 Å². The average molecular weight is 283 g/mol. The summed E-state index contributed by atoms with van der Waals surface area (Å²) in [5.74, 6) is 0.252. The zero-order valence-corrected chi connectivity index (χ0v) is 11.6. The molecule has 7 heteroatoms. The van der Waals surface area contributed by atoms with Gasteiger partial charge in [-0.05, 0) is 18.4 Å². The third-order valence-corrected chi connectivity index (χ3v) is 5.36. The normalized spacial score (nSPS) is 27.7. The van der Waals surface area contributed by atoms with Crippen LogP contribution in [0.5, 0.6) is 0 Å². The van der Waals surface area contributed by atoms with Gasteiger partial charge >= 0.3 is 0 Å². The number of carbonyl (C=O) groups is 1. The molecule has 0 saturated carbocycles. The van der Waals surface area contributed by atoms with Gasteiger partial charge in [0.2, 0.25) is 10.0 Å². The molecule has 0 bridgehead atoms. The SMILES string of the molecule is CS(=O)(=O)N1CC[C@@H]2CN(C(=O)c3cc[nH]c3)C[C@@H]21. The maximum atomic E-state index is 12.2. The van der Waals surface area contributed by atoms with Crippen LogP contribution in [0.4, 0.5) is 0 Å². The lowest BCUT2D eigenvalue weighted by atomic mass is 10.1. The van der Waals surface area contributed by atoms with E-state index in [1.54, 1.807) is 27.7 Å². The van der Waals surface area contributed by atoms with Crippen LogP contribution in [-0.2, 0) is 10.0 Å². The summed E-state index contributed by atoms with van der Waals surface area (Å²) in [7, 11) is -3.17. The molecule has 2 atom stereocenters. The smallest absolute Gasteiger partial charge is 0.255 e. The molecule has 3 heterocycles. The molecule has 2 aliphatic rings. The number of likely N-dealkylation sites (tertiary alicyclic amines) is 1. The highest BCUT2D eigenvalue weighted by molar-refractivity contribution is 7.88. The molecule has 2 aliphatic heterocycles. The molecule has 19 heavy (non-hydrogen) atoms. The fraction of sp³-hybridized carbons (Fsp3) is 0.583. The minimum atomic E-state index is -3.17. The first kappa shape index (κ1) is 12.7. The molecule has 1 aromatic heterocycles. The summed E-state index contributed by atoms with van der Waals surface area (Å²) < 4.78 is 24.9. The molecule has 6 nitrogen and oxygen atoms in total. The molecule has 2 fully saturated rings.